The number of nitrogens with zero attached hydrogens (tertiary/aromatic N) is 1. The van der Waals surface area contributed by atoms with Gasteiger partial charge in [-0.15, -0.1) is 0 Å². The molecule has 1 aliphatic heterocycles. The monoisotopic (exact) mass is 463 g/mol. The maximum Gasteiger partial charge on any atom is 0.150 e. The number of carbonyl (C=O) groups is 1. The first kappa shape index (κ1) is 22.6. The summed E-state index contributed by atoms with van der Waals surface area (Å²) in [5, 5.41) is 0. The van der Waals surface area contributed by atoms with Crippen LogP contribution in [0.4, 0.5) is 11.4 Å². The van der Waals surface area contributed by atoms with Crippen LogP contribution in [0.25, 0.3) is 11.1 Å². The molecule has 0 spiro atoms. The van der Waals surface area contributed by atoms with Crippen LogP contribution in [0.15, 0.2) is 60.7 Å². The Morgan fingerprint density at radius 3 is 2.43 bits per heavy atom. The quantitative estimate of drug-likeness (QED) is 0.311. The van der Waals surface area contributed by atoms with Gasteiger partial charge in [-0.1, -0.05) is 76.3 Å². The molecule has 0 amide bonds. The van der Waals surface area contributed by atoms with Gasteiger partial charge in [0.15, 0.2) is 0 Å². The van der Waals surface area contributed by atoms with Crippen LogP contribution in [0.3, 0.4) is 0 Å². The molecule has 0 N–H and O–H groups in total. The topological polar surface area (TPSA) is 20.3 Å². The number of hydrogen-bond donors (Lipinski definition) is 0. The first-order valence-corrected chi connectivity index (χ1v) is 13.8. The van der Waals surface area contributed by atoms with E-state index in [2.05, 4.69) is 73.3 Å². The summed E-state index contributed by atoms with van der Waals surface area (Å²) in [5.74, 6) is 0.542. The normalized spacial score (nSPS) is 20.9. The van der Waals surface area contributed by atoms with Crippen LogP contribution in [-0.2, 0) is 5.41 Å². The lowest BCUT2D eigenvalue weighted by molar-refractivity contribution is 0.112. The third-order valence-electron chi connectivity index (χ3n) is 9.10. The van der Waals surface area contributed by atoms with Crippen LogP contribution in [0.1, 0.15) is 105 Å². The van der Waals surface area contributed by atoms with Crippen molar-refractivity contribution in [2.75, 3.05) is 4.90 Å². The minimum atomic E-state index is 0.118. The van der Waals surface area contributed by atoms with Crippen LogP contribution >= 0.6 is 0 Å². The van der Waals surface area contributed by atoms with Crippen LogP contribution in [-0.4, -0.2) is 12.3 Å². The lowest BCUT2D eigenvalue weighted by Crippen LogP contribution is -2.28. The van der Waals surface area contributed by atoms with Crippen molar-refractivity contribution in [2.24, 2.45) is 0 Å². The van der Waals surface area contributed by atoms with Crippen molar-refractivity contribution < 1.29 is 4.79 Å². The lowest BCUT2D eigenvalue weighted by Gasteiger charge is -2.34. The summed E-state index contributed by atoms with van der Waals surface area (Å²) in [6.45, 7) is 4.64. The molecule has 2 nitrogen and oxygen atoms in total. The van der Waals surface area contributed by atoms with Gasteiger partial charge in [0.2, 0.25) is 0 Å². The number of aldehydes is 1. The average molecular weight is 464 g/mol. The molecule has 2 aliphatic carbocycles. The predicted molar refractivity (Wildman–Crippen MR) is 146 cm³/mol. The molecule has 1 saturated carbocycles. The van der Waals surface area contributed by atoms with Gasteiger partial charge in [-0.2, -0.15) is 0 Å². The number of unbranched alkanes of at least 4 members (excludes halogenated alkanes) is 2. The fourth-order valence-corrected chi connectivity index (χ4v) is 7.50. The fraction of sp³-hybridized carbons (Fsp3) is 0.424. The minimum Gasteiger partial charge on any atom is -0.338 e. The Morgan fingerprint density at radius 1 is 0.886 bits per heavy atom. The van der Waals surface area contributed by atoms with Crippen molar-refractivity contribution in [1.82, 2.24) is 0 Å². The van der Waals surface area contributed by atoms with E-state index in [9.17, 15) is 4.79 Å². The van der Waals surface area contributed by atoms with Crippen molar-refractivity contribution in [3.8, 4) is 11.1 Å². The number of carbonyl (C=O) groups excluding carboxylic acids is 1. The van der Waals surface area contributed by atoms with Crippen molar-refractivity contribution >= 4 is 17.7 Å². The molecule has 3 aromatic rings. The van der Waals surface area contributed by atoms with Gasteiger partial charge < -0.3 is 4.90 Å². The van der Waals surface area contributed by atoms with E-state index < -0.39 is 0 Å². The van der Waals surface area contributed by atoms with Crippen molar-refractivity contribution in [3.05, 3.63) is 82.9 Å². The minimum absolute atomic E-state index is 0.118. The number of benzene rings is 3. The summed E-state index contributed by atoms with van der Waals surface area (Å²) in [6, 6.07) is 23.4. The van der Waals surface area contributed by atoms with Gasteiger partial charge in [0.05, 0.1) is 0 Å². The van der Waals surface area contributed by atoms with Gasteiger partial charge >= 0.3 is 0 Å². The van der Waals surface area contributed by atoms with E-state index in [4.69, 9.17) is 0 Å². The van der Waals surface area contributed by atoms with Crippen LogP contribution in [0.2, 0.25) is 0 Å². The molecule has 3 aromatic carbocycles. The first-order valence-electron chi connectivity index (χ1n) is 13.8. The van der Waals surface area contributed by atoms with Crippen molar-refractivity contribution in [3.63, 3.8) is 0 Å². The SMILES string of the molecule is CCCCC1(CCCC)c2ccccc2-c2ccc(N3c4ccc(C=O)cc4C4CCCC43)cc21. The van der Waals surface area contributed by atoms with Gasteiger partial charge in [-0.3, -0.25) is 4.79 Å². The van der Waals surface area contributed by atoms with E-state index in [1.54, 1.807) is 11.1 Å². The summed E-state index contributed by atoms with van der Waals surface area (Å²) >= 11 is 0. The molecule has 2 atom stereocenters. The maximum atomic E-state index is 11.5. The van der Waals surface area contributed by atoms with Gasteiger partial charge in [-0.25, -0.2) is 0 Å². The zero-order valence-corrected chi connectivity index (χ0v) is 21.2. The molecule has 0 radical (unpaired) electrons. The zero-order chi connectivity index (χ0) is 24.0. The molecular formula is C33H37NO. The Kier molecular flexibility index (Phi) is 5.79. The average Bonchev–Trinajstić information content (AvgIpc) is 3.56. The Hall–Kier alpha value is -2.87. The molecule has 3 aliphatic rings. The molecule has 180 valence electrons. The predicted octanol–water partition coefficient (Wildman–Crippen LogP) is 8.93. The van der Waals surface area contributed by atoms with E-state index in [1.807, 2.05) is 6.07 Å². The second kappa shape index (κ2) is 8.97. The van der Waals surface area contributed by atoms with Gasteiger partial charge in [0, 0.05) is 34.3 Å². The summed E-state index contributed by atoms with van der Waals surface area (Å²) in [7, 11) is 0. The summed E-state index contributed by atoms with van der Waals surface area (Å²) in [4.78, 5) is 14.1. The molecule has 2 heteroatoms. The number of hydrogen-bond acceptors (Lipinski definition) is 2. The summed E-state index contributed by atoms with van der Waals surface area (Å²) in [6.07, 6.45) is 12.1. The maximum absolute atomic E-state index is 11.5. The Bertz CT molecular complexity index is 1250. The highest BCUT2D eigenvalue weighted by atomic mass is 16.1. The summed E-state index contributed by atoms with van der Waals surface area (Å²) < 4.78 is 0. The lowest BCUT2D eigenvalue weighted by atomic mass is 9.71. The van der Waals surface area contributed by atoms with E-state index >= 15 is 0 Å². The highest BCUT2D eigenvalue weighted by Crippen LogP contribution is 2.57. The van der Waals surface area contributed by atoms with Crippen LogP contribution in [0, 0.1) is 0 Å². The highest BCUT2D eigenvalue weighted by Gasteiger charge is 2.45. The number of fused-ring (bicyclic) bond motifs is 6. The van der Waals surface area contributed by atoms with Crippen LogP contribution in [0.5, 0.6) is 0 Å². The third kappa shape index (κ3) is 3.40. The molecule has 1 fully saturated rings. The molecule has 35 heavy (non-hydrogen) atoms. The second-order valence-electron chi connectivity index (χ2n) is 11.0. The summed E-state index contributed by atoms with van der Waals surface area (Å²) in [5.41, 5.74) is 10.9. The highest BCUT2D eigenvalue weighted by molar-refractivity contribution is 5.85. The van der Waals surface area contributed by atoms with E-state index in [-0.39, 0.29) is 5.41 Å². The zero-order valence-electron chi connectivity index (χ0n) is 21.2. The second-order valence-corrected chi connectivity index (χ2v) is 11.0. The molecule has 0 saturated heterocycles. The number of rotatable bonds is 8. The van der Waals surface area contributed by atoms with Gasteiger partial charge in [0.25, 0.3) is 0 Å². The van der Waals surface area contributed by atoms with Crippen molar-refractivity contribution in [1.29, 1.82) is 0 Å². The smallest absolute Gasteiger partial charge is 0.150 e. The fourth-order valence-electron chi connectivity index (χ4n) is 7.50. The van der Waals surface area contributed by atoms with Gasteiger partial charge in [-0.05, 0) is 83.8 Å². The van der Waals surface area contributed by atoms with E-state index in [1.165, 1.54) is 85.9 Å². The Morgan fingerprint density at radius 2 is 1.66 bits per heavy atom. The molecular weight excluding hydrogens is 426 g/mol. The third-order valence-corrected chi connectivity index (χ3v) is 9.10. The molecule has 6 rings (SSSR count). The molecule has 0 bridgehead atoms. The molecule has 0 aromatic heterocycles. The van der Waals surface area contributed by atoms with Crippen LogP contribution < -0.4 is 4.90 Å². The van der Waals surface area contributed by atoms with Crippen molar-refractivity contribution in [2.45, 2.75) is 89.0 Å². The van der Waals surface area contributed by atoms with E-state index in [0.717, 1.165) is 11.8 Å². The molecule has 1 heterocycles. The Balaban J connectivity index is 1.51. The van der Waals surface area contributed by atoms with E-state index in [0.29, 0.717) is 12.0 Å². The standard InChI is InChI=1S/C33H37NO/c1-3-5-18-33(19-6-4-2)29-12-8-7-10-25(29)26-16-15-24(21-30(26)33)34-31-13-9-11-27(31)28-20-23(22-35)14-17-32(28)34/h7-8,10,12,14-17,20-22,27,31H,3-6,9,11,13,18-19H2,1-2H3. The Labute approximate surface area is 210 Å². The van der Waals surface area contributed by atoms with Gasteiger partial charge in [0.1, 0.15) is 6.29 Å². The number of anilines is 2. The largest absolute Gasteiger partial charge is 0.338 e. The molecule has 2 unspecified atom stereocenters. The first-order chi connectivity index (χ1) is 17.2.